The number of carbonyl (C=O) groups excluding carboxylic acids is 1. The number of rotatable bonds is 6. The molecule has 6 nitrogen and oxygen atoms in total. The second-order valence-electron chi connectivity index (χ2n) is 6.80. The van der Waals surface area contributed by atoms with Gasteiger partial charge >= 0.3 is 0 Å². The Hall–Kier alpha value is -2.54. The molecule has 1 aliphatic rings. The number of carbonyl (C=O) groups is 1. The van der Waals surface area contributed by atoms with Gasteiger partial charge in [-0.25, -0.2) is 8.42 Å². The van der Waals surface area contributed by atoms with E-state index in [0.29, 0.717) is 11.4 Å². The summed E-state index contributed by atoms with van der Waals surface area (Å²) in [4.78, 5) is 12.6. The number of benzene rings is 2. The van der Waals surface area contributed by atoms with Crippen LogP contribution in [0.1, 0.15) is 18.9 Å². The van der Waals surface area contributed by atoms with Gasteiger partial charge in [0.05, 0.1) is 18.5 Å². The number of ether oxygens (including phenoxy) is 1. The Morgan fingerprint density at radius 1 is 1.19 bits per heavy atom. The minimum absolute atomic E-state index is 0.0346. The van der Waals surface area contributed by atoms with E-state index in [0.717, 1.165) is 19.1 Å². The van der Waals surface area contributed by atoms with Gasteiger partial charge in [0.25, 0.3) is 5.91 Å². The Morgan fingerprint density at radius 2 is 1.85 bits per heavy atom. The van der Waals surface area contributed by atoms with Crippen LogP contribution in [0.25, 0.3) is 0 Å². The van der Waals surface area contributed by atoms with Crippen molar-refractivity contribution < 1.29 is 17.9 Å². The lowest BCUT2D eigenvalue weighted by atomic mass is 10.1. The van der Waals surface area contributed by atoms with Gasteiger partial charge in [0.1, 0.15) is 5.75 Å². The molecule has 0 aromatic heterocycles. The summed E-state index contributed by atoms with van der Waals surface area (Å²) >= 11 is 0. The lowest BCUT2D eigenvalue weighted by molar-refractivity contribution is -0.128. The van der Waals surface area contributed by atoms with Crippen LogP contribution in [0.2, 0.25) is 0 Å². The predicted molar refractivity (Wildman–Crippen MR) is 105 cm³/mol. The van der Waals surface area contributed by atoms with Gasteiger partial charge in [-0.05, 0) is 37.5 Å². The first-order valence-corrected chi connectivity index (χ1v) is 10.8. The Morgan fingerprint density at radius 3 is 2.56 bits per heavy atom. The van der Waals surface area contributed by atoms with Crippen molar-refractivity contribution in [2.75, 3.05) is 17.1 Å². The number of hydrogen-bond donors (Lipinski definition) is 1. The molecule has 144 valence electrons. The molecule has 0 aliphatic carbocycles. The molecule has 3 rings (SSSR count). The van der Waals surface area contributed by atoms with E-state index in [2.05, 4.69) is 17.4 Å². The zero-order chi connectivity index (χ0) is 19.4. The van der Waals surface area contributed by atoms with E-state index in [1.54, 1.807) is 24.3 Å². The quantitative estimate of drug-likeness (QED) is 0.824. The number of hydrogen-bond acceptors (Lipinski definition) is 4. The summed E-state index contributed by atoms with van der Waals surface area (Å²) in [6.45, 7) is 1.90. The number of amides is 1. The maximum absolute atomic E-state index is 12.6. The molecule has 1 aliphatic heterocycles. The number of sulfonamides is 1. The van der Waals surface area contributed by atoms with Gasteiger partial charge in [0.2, 0.25) is 10.0 Å². The summed E-state index contributed by atoms with van der Waals surface area (Å²) in [5, 5.41) is 2.94. The first-order chi connectivity index (χ1) is 12.8. The highest BCUT2D eigenvalue weighted by Crippen LogP contribution is 2.34. The molecule has 0 spiro atoms. The van der Waals surface area contributed by atoms with Crippen molar-refractivity contribution in [2.45, 2.75) is 31.9 Å². The minimum Gasteiger partial charge on any atom is -0.476 e. The van der Waals surface area contributed by atoms with E-state index in [1.165, 1.54) is 9.87 Å². The van der Waals surface area contributed by atoms with Crippen LogP contribution in [-0.4, -0.2) is 39.3 Å². The van der Waals surface area contributed by atoms with Crippen molar-refractivity contribution in [3.63, 3.8) is 0 Å². The zero-order valence-electron chi connectivity index (χ0n) is 15.5. The highest BCUT2D eigenvalue weighted by Gasteiger charge is 2.35. The van der Waals surface area contributed by atoms with Gasteiger partial charge in [-0.15, -0.1) is 0 Å². The molecule has 0 bridgehead atoms. The number of anilines is 1. The van der Waals surface area contributed by atoms with Crippen LogP contribution < -0.4 is 14.4 Å². The first-order valence-electron chi connectivity index (χ1n) is 8.92. The average molecular weight is 388 g/mol. The van der Waals surface area contributed by atoms with E-state index >= 15 is 0 Å². The monoisotopic (exact) mass is 388 g/mol. The van der Waals surface area contributed by atoms with E-state index in [-0.39, 0.29) is 18.5 Å². The van der Waals surface area contributed by atoms with Crippen LogP contribution in [-0.2, 0) is 21.2 Å². The van der Waals surface area contributed by atoms with E-state index in [1.807, 2.05) is 25.1 Å². The normalized spacial score (nSPS) is 17.6. The molecule has 1 heterocycles. The third-order valence-electron chi connectivity index (χ3n) is 4.53. The van der Waals surface area contributed by atoms with Crippen molar-refractivity contribution in [1.82, 2.24) is 5.32 Å². The molecule has 1 amide bonds. The zero-order valence-corrected chi connectivity index (χ0v) is 16.3. The highest BCUT2D eigenvalue weighted by atomic mass is 32.2. The Labute approximate surface area is 160 Å². The molecule has 2 aromatic carbocycles. The molecule has 2 atom stereocenters. The Balaban J connectivity index is 1.65. The van der Waals surface area contributed by atoms with Crippen LogP contribution in [0.5, 0.6) is 5.75 Å². The topological polar surface area (TPSA) is 75.7 Å². The fourth-order valence-electron chi connectivity index (χ4n) is 3.09. The van der Waals surface area contributed by atoms with Gasteiger partial charge in [-0.2, -0.15) is 0 Å². The van der Waals surface area contributed by atoms with Crippen LogP contribution in [0.3, 0.4) is 0 Å². The van der Waals surface area contributed by atoms with Crippen LogP contribution in [0, 0.1) is 0 Å². The molecule has 0 unspecified atom stereocenters. The third-order valence-corrected chi connectivity index (χ3v) is 5.67. The lowest BCUT2D eigenvalue weighted by Gasteiger charge is -2.34. The lowest BCUT2D eigenvalue weighted by Crippen LogP contribution is -2.52. The third kappa shape index (κ3) is 4.80. The van der Waals surface area contributed by atoms with Gasteiger partial charge < -0.3 is 10.1 Å². The van der Waals surface area contributed by atoms with Gasteiger partial charge in [-0.1, -0.05) is 42.5 Å². The number of nitrogens with zero attached hydrogens (tertiary/aromatic N) is 1. The molecule has 7 heteroatoms. The molecular weight excluding hydrogens is 364 g/mol. The standard InChI is InChI=1S/C20H24N2O4S/c1-15(12-13-16-8-4-3-5-9-16)21-20(23)19-14-22(27(2,24)25)17-10-6-7-11-18(17)26-19/h3-11,15,19H,12-14H2,1-2H3,(H,21,23)/t15-,19-/m1/s1. The van der Waals surface area contributed by atoms with Crippen LogP contribution >= 0.6 is 0 Å². The fraction of sp³-hybridized carbons (Fsp3) is 0.350. The molecule has 2 aromatic rings. The van der Waals surface area contributed by atoms with E-state index < -0.39 is 16.1 Å². The summed E-state index contributed by atoms with van der Waals surface area (Å²) in [6, 6.07) is 16.9. The summed E-state index contributed by atoms with van der Waals surface area (Å²) in [5.41, 5.74) is 1.67. The Bertz CT molecular complexity index is 899. The summed E-state index contributed by atoms with van der Waals surface area (Å²) in [5.74, 6) is 0.0879. The maximum Gasteiger partial charge on any atom is 0.263 e. The second kappa shape index (κ2) is 8.00. The second-order valence-corrected chi connectivity index (χ2v) is 8.71. The molecular formula is C20H24N2O4S. The number of para-hydroxylation sites is 2. The Kier molecular flexibility index (Phi) is 5.70. The molecule has 0 saturated heterocycles. The van der Waals surface area contributed by atoms with Gasteiger partial charge in [0, 0.05) is 6.04 Å². The van der Waals surface area contributed by atoms with Crippen molar-refractivity contribution in [3.05, 3.63) is 60.2 Å². The van der Waals surface area contributed by atoms with Crippen molar-refractivity contribution in [2.24, 2.45) is 0 Å². The van der Waals surface area contributed by atoms with E-state index in [4.69, 9.17) is 4.74 Å². The maximum atomic E-state index is 12.6. The highest BCUT2D eigenvalue weighted by molar-refractivity contribution is 7.92. The average Bonchev–Trinajstić information content (AvgIpc) is 2.65. The number of fused-ring (bicyclic) bond motifs is 1. The minimum atomic E-state index is -3.51. The molecule has 1 N–H and O–H groups in total. The van der Waals surface area contributed by atoms with E-state index in [9.17, 15) is 13.2 Å². The van der Waals surface area contributed by atoms with Crippen LogP contribution in [0.4, 0.5) is 5.69 Å². The van der Waals surface area contributed by atoms with Gasteiger partial charge in [-0.3, -0.25) is 9.10 Å². The largest absolute Gasteiger partial charge is 0.476 e. The predicted octanol–water partition coefficient (Wildman–Crippen LogP) is 2.35. The fourth-order valence-corrected chi connectivity index (χ4v) is 4.00. The van der Waals surface area contributed by atoms with Crippen molar-refractivity contribution in [3.8, 4) is 5.75 Å². The number of nitrogens with one attached hydrogen (secondary N) is 1. The van der Waals surface area contributed by atoms with Crippen molar-refractivity contribution in [1.29, 1.82) is 0 Å². The summed E-state index contributed by atoms with van der Waals surface area (Å²) in [7, 11) is -3.51. The van der Waals surface area contributed by atoms with Crippen LogP contribution in [0.15, 0.2) is 54.6 Å². The number of aryl methyl sites for hydroxylation is 1. The first kappa shape index (κ1) is 19.2. The SMILES string of the molecule is C[C@H](CCc1ccccc1)NC(=O)[C@H]1CN(S(C)(=O)=O)c2ccccc2O1. The molecule has 0 saturated carbocycles. The summed E-state index contributed by atoms with van der Waals surface area (Å²) in [6.07, 6.45) is 1.89. The molecule has 0 fully saturated rings. The van der Waals surface area contributed by atoms with Gasteiger partial charge in [0.15, 0.2) is 6.10 Å². The van der Waals surface area contributed by atoms with Crippen molar-refractivity contribution >= 4 is 21.6 Å². The smallest absolute Gasteiger partial charge is 0.263 e. The summed E-state index contributed by atoms with van der Waals surface area (Å²) < 4.78 is 31.3. The molecule has 0 radical (unpaired) electrons. The molecule has 27 heavy (non-hydrogen) atoms.